The van der Waals surface area contributed by atoms with E-state index in [0.29, 0.717) is 0 Å². The largest absolute Gasteiger partial charge is 0.0955 e. The molecule has 0 unspecified atom stereocenters. The molecule has 1 aromatic rings. The molecule has 0 nitrogen and oxygen atoms in total. The van der Waals surface area contributed by atoms with E-state index < -0.39 is 0 Å². The lowest BCUT2D eigenvalue weighted by atomic mass is 9.80. The van der Waals surface area contributed by atoms with E-state index in [1.54, 1.807) is 0 Å². The van der Waals surface area contributed by atoms with Gasteiger partial charge in [0.25, 0.3) is 0 Å². The lowest BCUT2D eigenvalue weighted by Gasteiger charge is -2.25. The van der Waals surface area contributed by atoms with Gasteiger partial charge in [0.1, 0.15) is 0 Å². The van der Waals surface area contributed by atoms with Gasteiger partial charge in [-0.1, -0.05) is 64.5 Å². The lowest BCUT2D eigenvalue weighted by Crippen LogP contribution is -2.15. The maximum absolute atomic E-state index is 4.12. The second kappa shape index (κ2) is 5.53. The summed E-state index contributed by atoms with van der Waals surface area (Å²) in [4.78, 5) is 0. The van der Waals surface area contributed by atoms with Crippen molar-refractivity contribution in [2.24, 2.45) is 0 Å². The first-order chi connectivity index (χ1) is 7.88. The number of benzene rings is 1. The van der Waals surface area contributed by atoms with Gasteiger partial charge in [-0.15, -0.1) is 0 Å². The highest BCUT2D eigenvalue weighted by molar-refractivity contribution is 5.66. The van der Waals surface area contributed by atoms with Gasteiger partial charge in [-0.2, -0.15) is 0 Å². The van der Waals surface area contributed by atoms with Crippen molar-refractivity contribution in [1.29, 1.82) is 0 Å². The van der Waals surface area contributed by atoms with Crippen LogP contribution in [0.3, 0.4) is 0 Å². The van der Waals surface area contributed by atoms with Crippen molar-refractivity contribution < 1.29 is 0 Å². The Balaban J connectivity index is 3.29. The summed E-state index contributed by atoms with van der Waals surface area (Å²) >= 11 is 0. The Hall–Kier alpha value is -1.04. The molecule has 0 saturated carbocycles. The first kappa shape index (κ1) is 14.0. The summed E-state index contributed by atoms with van der Waals surface area (Å²) in [6.45, 7) is 15.4. The number of rotatable bonds is 4. The van der Waals surface area contributed by atoms with E-state index >= 15 is 0 Å². The molecular weight excluding hydrogens is 204 g/mol. The molecule has 0 saturated heterocycles. The first-order valence-electron chi connectivity index (χ1n) is 6.66. The second-order valence-corrected chi connectivity index (χ2v) is 5.97. The molecule has 0 atom stereocenters. The fourth-order valence-electron chi connectivity index (χ4n) is 2.31. The number of unbranched alkanes of at least 4 members (excludes halogenated alkanes) is 1. The maximum atomic E-state index is 4.12. The van der Waals surface area contributed by atoms with E-state index in [0.717, 1.165) is 0 Å². The minimum absolute atomic E-state index is 0.217. The van der Waals surface area contributed by atoms with Crippen molar-refractivity contribution in [3.05, 3.63) is 41.5 Å². The van der Waals surface area contributed by atoms with Gasteiger partial charge in [0.05, 0.1) is 0 Å². The van der Waals surface area contributed by atoms with Crippen LogP contribution in [-0.4, -0.2) is 0 Å². The molecule has 0 amide bonds. The number of hydrogen-bond acceptors (Lipinski definition) is 0. The van der Waals surface area contributed by atoms with Crippen molar-refractivity contribution >= 4 is 5.57 Å². The highest BCUT2D eigenvalue weighted by Crippen LogP contribution is 2.31. The Labute approximate surface area is 107 Å². The van der Waals surface area contributed by atoms with Crippen LogP contribution < -0.4 is 0 Å². The molecule has 1 rings (SSSR count). The van der Waals surface area contributed by atoms with E-state index in [2.05, 4.69) is 59.4 Å². The molecule has 0 spiro atoms. The monoisotopic (exact) mass is 230 g/mol. The normalized spacial score (nSPS) is 11.6. The Morgan fingerprint density at radius 1 is 1.24 bits per heavy atom. The van der Waals surface area contributed by atoms with Crippen LogP contribution in [0.5, 0.6) is 0 Å². The van der Waals surface area contributed by atoms with E-state index in [1.165, 1.54) is 41.5 Å². The number of allylic oxidation sites excluding steroid dienone is 1. The lowest BCUT2D eigenvalue weighted by molar-refractivity contribution is 0.579. The maximum Gasteiger partial charge on any atom is -0.0129 e. The third-order valence-electron chi connectivity index (χ3n) is 3.22. The van der Waals surface area contributed by atoms with Crippen LogP contribution in [0, 0.1) is 0 Å². The summed E-state index contributed by atoms with van der Waals surface area (Å²) in [5.41, 5.74) is 5.74. The van der Waals surface area contributed by atoms with E-state index in [4.69, 9.17) is 0 Å². The Kier molecular flexibility index (Phi) is 4.56. The van der Waals surface area contributed by atoms with Crippen LogP contribution >= 0.6 is 0 Å². The predicted molar refractivity (Wildman–Crippen MR) is 78.5 cm³/mol. The fourth-order valence-corrected chi connectivity index (χ4v) is 2.31. The zero-order valence-corrected chi connectivity index (χ0v) is 12.1. The molecule has 0 N–H and O–H groups in total. The molecule has 1 aromatic carbocycles. The highest BCUT2D eigenvalue weighted by Gasteiger charge is 2.19. The first-order valence-corrected chi connectivity index (χ1v) is 6.66. The highest BCUT2D eigenvalue weighted by atomic mass is 14.2. The van der Waals surface area contributed by atoms with Gasteiger partial charge in [-0.05, 0) is 41.9 Å². The molecule has 0 aliphatic rings. The van der Waals surface area contributed by atoms with Gasteiger partial charge in [0, 0.05) is 0 Å². The smallest absolute Gasteiger partial charge is 0.0129 e. The zero-order valence-electron chi connectivity index (χ0n) is 12.1. The average molecular weight is 230 g/mol. The van der Waals surface area contributed by atoms with Crippen LogP contribution in [0.2, 0.25) is 0 Å². The molecule has 0 bridgehead atoms. The van der Waals surface area contributed by atoms with E-state index in [1.807, 2.05) is 0 Å². The van der Waals surface area contributed by atoms with Gasteiger partial charge < -0.3 is 0 Å². The molecule has 94 valence electrons. The molecule has 0 aromatic heterocycles. The van der Waals surface area contributed by atoms with Gasteiger partial charge >= 0.3 is 0 Å². The van der Waals surface area contributed by atoms with Crippen molar-refractivity contribution in [3.8, 4) is 0 Å². The molecule has 0 aliphatic carbocycles. The molecule has 0 fully saturated rings. The van der Waals surface area contributed by atoms with Crippen LogP contribution in [0.25, 0.3) is 5.57 Å². The van der Waals surface area contributed by atoms with Gasteiger partial charge in [0.2, 0.25) is 0 Å². The van der Waals surface area contributed by atoms with Crippen molar-refractivity contribution in [2.45, 2.75) is 59.3 Å². The Morgan fingerprint density at radius 2 is 1.88 bits per heavy atom. The summed E-state index contributed by atoms with van der Waals surface area (Å²) in [6, 6.07) is 6.65. The predicted octanol–water partition coefficient (Wildman–Crippen LogP) is 5.36. The summed E-state index contributed by atoms with van der Waals surface area (Å²) in [6.07, 6.45) is 3.67. The molecule has 0 heterocycles. The summed E-state index contributed by atoms with van der Waals surface area (Å²) < 4.78 is 0. The van der Waals surface area contributed by atoms with Crippen molar-refractivity contribution in [2.75, 3.05) is 0 Å². The third kappa shape index (κ3) is 3.46. The topological polar surface area (TPSA) is 0 Å². The van der Waals surface area contributed by atoms with Crippen molar-refractivity contribution in [3.63, 3.8) is 0 Å². The van der Waals surface area contributed by atoms with Crippen LogP contribution in [-0.2, 0) is 11.8 Å². The Morgan fingerprint density at radius 3 is 2.35 bits per heavy atom. The fraction of sp³-hybridized carbons (Fsp3) is 0.529. The molecule has 0 aliphatic heterocycles. The SMILES string of the molecule is C=C(C)c1cccc(C(C)(C)C)c1CCCC. The summed E-state index contributed by atoms with van der Waals surface area (Å²) in [7, 11) is 0. The molecule has 17 heavy (non-hydrogen) atoms. The standard InChI is InChI=1S/C17H26/c1-7-8-10-15-14(13(2)3)11-9-12-16(15)17(4,5)6/h9,11-12H,2,7-8,10H2,1,3-6H3. The van der Waals surface area contributed by atoms with Gasteiger partial charge in [-0.25, -0.2) is 0 Å². The van der Waals surface area contributed by atoms with Crippen LogP contribution in [0.1, 0.15) is 64.2 Å². The van der Waals surface area contributed by atoms with Gasteiger partial charge in [-0.3, -0.25) is 0 Å². The number of hydrogen-bond donors (Lipinski definition) is 0. The van der Waals surface area contributed by atoms with Crippen LogP contribution in [0.15, 0.2) is 24.8 Å². The molecular formula is C17H26. The van der Waals surface area contributed by atoms with E-state index in [9.17, 15) is 0 Å². The zero-order chi connectivity index (χ0) is 13.1. The molecule has 0 heteroatoms. The van der Waals surface area contributed by atoms with Gasteiger partial charge in [0.15, 0.2) is 0 Å². The van der Waals surface area contributed by atoms with Crippen LogP contribution in [0.4, 0.5) is 0 Å². The summed E-state index contributed by atoms with van der Waals surface area (Å²) in [5.74, 6) is 0. The Bertz CT molecular complexity index is 391. The third-order valence-corrected chi connectivity index (χ3v) is 3.22. The minimum atomic E-state index is 0.217. The minimum Gasteiger partial charge on any atom is -0.0955 e. The van der Waals surface area contributed by atoms with E-state index in [-0.39, 0.29) is 5.41 Å². The second-order valence-electron chi connectivity index (χ2n) is 5.97. The average Bonchev–Trinajstić information content (AvgIpc) is 2.24. The van der Waals surface area contributed by atoms with Crippen molar-refractivity contribution in [1.82, 2.24) is 0 Å². The molecule has 0 radical (unpaired) electrons. The summed E-state index contributed by atoms with van der Waals surface area (Å²) in [5, 5.41) is 0. The quantitative estimate of drug-likeness (QED) is 0.653.